The van der Waals surface area contributed by atoms with Gasteiger partial charge in [0.05, 0.1) is 6.20 Å². The predicted molar refractivity (Wildman–Crippen MR) is 136 cm³/mol. The molecule has 0 radical (unpaired) electrons. The zero-order chi connectivity index (χ0) is 27.7. The van der Waals surface area contributed by atoms with Crippen LogP contribution in [-0.2, 0) is 25.5 Å². The van der Waals surface area contributed by atoms with Crippen LogP contribution in [0.1, 0.15) is 49.2 Å². The molecule has 1 aromatic heterocycles. The average Bonchev–Trinajstić information content (AvgIpc) is 3.38. The third-order valence-electron chi connectivity index (χ3n) is 6.05. The molecule has 0 saturated carbocycles. The van der Waals surface area contributed by atoms with Crippen molar-refractivity contribution in [2.75, 3.05) is 6.54 Å². The van der Waals surface area contributed by atoms with Crippen molar-refractivity contribution in [3.8, 4) is 0 Å². The van der Waals surface area contributed by atoms with Crippen molar-refractivity contribution >= 4 is 31.0 Å². The number of benzene rings is 1. The van der Waals surface area contributed by atoms with Crippen LogP contribution < -0.4 is 10.6 Å². The highest BCUT2D eigenvalue weighted by Crippen LogP contribution is 2.21. The molecule has 1 aromatic carbocycles. The fourth-order valence-electron chi connectivity index (χ4n) is 4.33. The Kier molecular flexibility index (Phi) is 10.3. The molecular formula is C25H32BN5O7. The molecule has 13 heteroatoms. The smallest absolute Gasteiger partial charge is 0.484 e. The van der Waals surface area contributed by atoms with Crippen LogP contribution in [0.4, 0.5) is 0 Å². The summed E-state index contributed by atoms with van der Waals surface area (Å²) in [6, 6.07) is 6.10. The lowest BCUT2D eigenvalue weighted by atomic mass is 10.00. The van der Waals surface area contributed by atoms with Crippen molar-refractivity contribution < 1.29 is 33.9 Å². The van der Waals surface area contributed by atoms with Crippen LogP contribution in [0.3, 0.4) is 0 Å². The summed E-state index contributed by atoms with van der Waals surface area (Å²) < 4.78 is 4.48. The van der Waals surface area contributed by atoms with Gasteiger partial charge in [0.2, 0.25) is 11.8 Å². The molecule has 2 aromatic rings. The summed E-state index contributed by atoms with van der Waals surface area (Å²) in [5.74, 6) is -2.57. The van der Waals surface area contributed by atoms with Gasteiger partial charge in [0, 0.05) is 25.4 Å². The maximum absolute atomic E-state index is 13.5. The minimum absolute atomic E-state index is 0.0123. The molecule has 1 aliphatic heterocycles. The summed E-state index contributed by atoms with van der Waals surface area (Å²) in [6.07, 6.45) is 5.33. The van der Waals surface area contributed by atoms with Gasteiger partial charge in [0.1, 0.15) is 23.8 Å². The first-order valence-corrected chi connectivity index (χ1v) is 12.4. The molecule has 3 rings (SSSR count). The van der Waals surface area contributed by atoms with Gasteiger partial charge in [0.15, 0.2) is 0 Å². The number of nitrogens with one attached hydrogen (secondary N) is 2. The van der Waals surface area contributed by atoms with Crippen molar-refractivity contribution in [2.24, 2.45) is 5.92 Å². The predicted octanol–water partition coefficient (Wildman–Crippen LogP) is -0.148. The number of amides is 3. The van der Waals surface area contributed by atoms with E-state index in [1.807, 2.05) is 44.2 Å². The SMILES string of the molecule is CC(C)C[C@H](NC(=O)[C@H](Cc1ccccc1)NC(=O)c1cnccn1)C(=O)N1CCC[C@H]1C(=O)OB(O)O. The van der Waals surface area contributed by atoms with Gasteiger partial charge < -0.3 is 30.2 Å². The standard InChI is InChI=1S/C25H32BN5O7/c1-16(2)13-19(24(34)31-12-6-9-21(31)25(35)38-26(36)37)30-22(32)18(14-17-7-4-3-5-8-17)29-23(33)20-15-27-10-11-28-20/h3-5,7-8,10-11,15-16,18-19,21,36-37H,6,9,12-14H2,1-2H3,(H,29,33)(H,30,32)/t18-,19-,21-/m0/s1. The number of rotatable bonds is 11. The number of likely N-dealkylation sites (tertiary alicyclic amines) is 1. The average molecular weight is 525 g/mol. The van der Waals surface area contributed by atoms with Crippen LogP contribution in [0, 0.1) is 5.92 Å². The summed E-state index contributed by atoms with van der Waals surface area (Å²) in [5.41, 5.74) is 0.835. The van der Waals surface area contributed by atoms with Gasteiger partial charge in [-0.05, 0) is 30.7 Å². The first-order chi connectivity index (χ1) is 18.2. The van der Waals surface area contributed by atoms with E-state index >= 15 is 0 Å². The lowest BCUT2D eigenvalue weighted by Gasteiger charge is -2.30. The maximum atomic E-state index is 13.5. The van der Waals surface area contributed by atoms with Gasteiger partial charge in [0.25, 0.3) is 5.91 Å². The van der Waals surface area contributed by atoms with Crippen LogP contribution in [0.15, 0.2) is 48.9 Å². The first kappa shape index (κ1) is 28.7. The Morgan fingerprint density at radius 2 is 1.84 bits per heavy atom. The van der Waals surface area contributed by atoms with Crippen molar-refractivity contribution in [1.82, 2.24) is 25.5 Å². The van der Waals surface area contributed by atoms with E-state index in [4.69, 9.17) is 10.0 Å². The second-order valence-electron chi connectivity index (χ2n) is 9.45. The molecule has 0 unspecified atom stereocenters. The quantitative estimate of drug-likeness (QED) is 0.291. The number of carbonyl (C=O) groups is 4. The monoisotopic (exact) mass is 525 g/mol. The number of nitrogens with zero attached hydrogens (tertiary/aromatic N) is 3. The fraction of sp³-hybridized carbons (Fsp3) is 0.440. The molecule has 0 spiro atoms. The van der Waals surface area contributed by atoms with Crippen molar-refractivity contribution in [1.29, 1.82) is 0 Å². The Balaban J connectivity index is 1.80. The molecule has 12 nitrogen and oxygen atoms in total. The van der Waals surface area contributed by atoms with E-state index in [9.17, 15) is 19.2 Å². The third kappa shape index (κ3) is 8.08. The van der Waals surface area contributed by atoms with E-state index in [0.717, 1.165) is 5.56 Å². The highest BCUT2D eigenvalue weighted by atomic mass is 16.6. The third-order valence-corrected chi connectivity index (χ3v) is 6.05. The molecule has 3 atom stereocenters. The van der Waals surface area contributed by atoms with E-state index in [1.54, 1.807) is 0 Å². The molecular weight excluding hydrogens is 493 g/mol. The normalized spacial score (nSPS) is 16.4. The molecule has 3 amide bonds. The van der Waals surface area contributed by atoms with E-state index in [-0.39, 0.29) is 31.0 Å². The van der Waals surface area contributed by atoms with E-state index in [0.29, 0.717) is 12.8 Å². The molecule has 4 N–H and O–H groups in total. The van der Waals surface area contributed by atoms with Crippen LogP contribution in [-0.4, -0.2) is 80.6 Å². The molecule has 0 bridgehead atoms. The van der Waals surface area contributed by atoms with Crippen LogP contribution in [0.2, 0.25) is 0 Å². The van der Waals surface area contributed by atoms with Gasteiger partial charge in [-0.3, -0.25) is 24.2 Å². The minimum atomic E-state index is -2.29. The van der Waals surface area contributed by atoms with Crippen LogP contribution in [0.25, 0.3) is 0 Å². The molecule has 0 aliphatic carbocycles. The summed E-state index contributed by atoms with van der Waals surface area (Å²) in [6.45, 7) is 4.03. The molecule has 1 aliphatic rings. The largest absolute Gasteiger partial charge is 0.709 e. The Morgan fingerprint density at radius 1 is 1.11 bits per heavy atom. The van der Waals surface area contributed by atoms with Gasteiger partial charge in [-0.25, -0.2) is 4.98 Å². The van der Waals surface area contributed by atoms with Crippen molar-refractivity contribution in [2.45, 2.75) is 57.7 Å². The van der Waals surface area contributed by atoms with Crippen molar-refractivity contribution in [3.05, 3.63) is 60.2 Å². The van der Waals surface area contributed by atoms with Gasteiger partial charge in [-0.15, -0.1) is 0 Å². The maximum Gasteiger partial charge on any atom is 0.709 e. The molecule has 1 fully saturated rings. The summed E-state index contributed by atoms with van der Waals surface area (Å²) in [7, 11) is -2.29. The Bertz CT molecular complexity index is 1100. The first-order valence-electron chi connectivity index (χ1n) is 12.4. The van der Waals surface area contributed by atoms with E-state index < -0.39 is 49.1 Å². The molecule has 202 valence electrons. The number of aromatic nitrogens is 2. The van der Waals surface area contributed by atoms with E-state index in [2.05, 4.69) is 25.3 Å². The lowest BCUT2D eigenvalue weighted by molar-refractivity contribution is -0.149. The van der Waals surface area contributed by atoms with Gasteiger partial charge in [-0.1, -0.05) is 44.2 Å². The van der Waals surface area contributed by atoms with E-state index in [1.165, 1.54) is 23.5 Å². The number of hydrogen-bond acceptors (Lipinski definition) is 9. The van der Waals surface area contributed by atoms with Crippen LogP contribution >= 0.6 is 0 Å². The van der Waals surface area contributed by atoms with Gasteiger partial charge >= 0.3 is 13.3 Å². The minimum Gasteiger partial charge on any atom is -0.484 e. The summed E-state index contributed by atoms with van der Waals surface area (Å²) >= 11 is 0. The van der Waals surface area contributed by atoms with Crippen molar-refractivity contribution in [3.63, 3.8) is 0 Å². The fourth-order valence-corrected chi connectivity index (χ4v) is 4.33. The highest BCUT2D eigenvalue weighted by molar-refractivity contribution is 6.36. The van der Waals surface area contributed by atoms with Gasteiger partial charge in [-0.2, -0.15) is 0 Å². The lowest BCUT2D eigenvalue weighted by Crippen LogP contribution is -2.56. The Morgan fingerprint density at radius 3 is 2.47 bits per heavy atom. The summed E-state index contributed by atoms with van der Waals surface area (Å²) in [4.78, 5) is 61.3. The zero-order valence-electron chi connectivity index (χ0n) is 21.3. The molecule has 38 heavy (non-hydrogen) atoms. The molecule has 1 saturated heterocycles. The number of hydrogen-bond donors (Lipinski definition) is 4. The number of carbonyl (C=O) groups excluding carboxylic acids is 4. The van der Waals surface area contributed by atoms with Crippen LogP contribution in [0.5, 0.6) is 0 Å². The second-order valence-corrected chi connectivity index (χ2v) is 9.45. The Hall–Kier alpha value is -3.84. The highest BCUT2D eigenvalue weighted by Gasteiger charge is 2.40. The summed E-state index contributed by atoms with van der Waals surface area (Å²) in [5, 5.41) is 23.5. The second kappa shape index (κ2) is 13.6. The molecule has 2 heterocycles. The zero-order valence-corrected chi connectivity index (χ0v) is 21.3. The topological polar surface area (TPSA) is 171 Å². The Labute approximate surface area is 221 Å².